The maximum absolute atomic E-state index is 10.9. The number of rotatable bonds is 2. The van der Waals surface area contributed by atoms with Crippen LogP contribution >= 0.6 is 0 Å². The van der Waals surface area contributed by atoms with Crippen LogP contribution in [0.2, 0.25) is 1.41 Å². The van der Waals surface area contributed by atoms with Crippen LogP contribution < -0.4 is 11.3 Å². The molecule has 58 valence electrons. The van der Waals surface area contributed by atoms with Gasteiger partial charge < -0.3 is 0 Å². The molecule has 1 amide bonds. The van der Waals surface area contributed by atoms with Crippen molar-refractivity contribution >= 4 is 5.91 Å². The number of amides is 1. The average Bonchev–Trinajstić information content (AvgIpc) is 2.06. The topological polar surface area (TPSA) is 55.1 Å². The Morgan fingerprint density at radius 3 is 2.73 bits per heavy atom. The fraction of sp³-hybridized carbons (Fsp3) is 0.125. The molecule has 0 bridgehead atoms. The Morgan fingerprint density at radius 2 is 2.18 bits per heavy atom. The van der Waals surface area contributed by atoms with Crippen molar-refractivity contribution in [3.63, 3.8) is 0 Å². The molecular formula is C8H10N2O. The van der Waals surface area contributed by atoms with Crippen molar-refractivity contribution in [1.82, 2.24) is 5.42 Å². The standard InChI is InChI=1S/C8H10N2O/c9-10-8(11)6-7-4-2-1-3-5-7/h1-5H,6,9H2,(H,10,11)/i/hD. The van der Waals surface area contributed by atoms with Gasteiger partial charge in [-0.2, -0.15) is 0 Å². The highest BCUT2D eigenvalue weighted by molar-refractivity contribution is 5.77. The molecule has 0 radical (unpaired) electrons. The van der Waals surface area contributed by atoms with Gasteiger partial charge in [-0.3, -0.25) is 10.2 Å². The molecule has 0 aromatic heterocycles. The lowest BCUT2D eigenvalue weighted by Crippen LogP contribution is -2.31. The predicted molar refractivity (Wildman–Crippen MR) is 42.5 cm³/mol. The van der Waals surface area contributed by atoms with Gasteiger partial charge in [0.05, 0.1) is 6.42 Å². The fourth-order valence-electron chi connectivity index (χ4n) is 0.816. The molecule has 1 rings (SSSR count). The highest BCUT2D eigenvalue weighted by Gasteiger charge is 1.98. The molecule has 0 heterocycles. The zero-order valence-electron chi connectivity index (χ0n) is 7.03. The molecule has 0 aliphatic heterocycles. The summed E-state index contributed by atoms with van der Waals surface area (Å²) in [6.45, 7) is 0. The zero-order chi connectivity index (χ0) is 8.97. The highest BCUT2D eigenvalue weighted by Crippen LogP contribution is 1.98. The number of nitrogens with two attached hydrogens (primary N) is 1. The minimum Gasteiger partial charge on any atom is -0.294 e. The van der Waals surface area contributed by atoms with Gasteiger partial charge in [0, 0.05) is 0 Å². The van der Waals surface area contributed by atoms with Crippen LogP contribution in [0.1, 0.15) is 5.56 Å². The molecular weight excluding hydrogens is 140 g/mol. The first-order chi connectivity index (χ1) is 5.70. The maximum Gasteiger partial charge on any atom is 0.238 e. The molecule has 0 aliphatic rings. The van der Waals surface area contributed by atoms with E-state index >= 15 is 0 Å². The van der Waals surface area contributed by atoms with Gasteiger partial charge in [-0.25, -0.2) is 5.84 Å². The molecule has 3 heteroatoms. The van der Waals surface area contributed by atoms with Crippen molar-refractivity contribution in [1.29, 1.82) is 0 Å². The Balaban J connectivity index is 2.59. The van der Waals surface area contributed by atoms with Crippen LogP contribution in [0.3, 0.4) is 0 Å². The van der Waals surface area contributed by atoms with E-state index in [0.717, 1.165) is 5.56 Å². The average molecular weight is 151 g/mol. The molecule has 1 aromatic rings. The van der Waals surface area contributed by atoms with Crippen LogP contribution in [0.25, 0.3) is 0 Å². The van der Waals surface area contributed by atoms with Crippen LogP contribution in [0, 0.1) is 0 Å². The first-order valence-corrected chi connectivity index (χ1v) is 3.30. The molecule has 3 nitrogen and oxygen atoms in total. The van der Waals surface area contributed by atoms with Crippen LogP contribution in [-0.2, 0) is 11.2 Å². The molecule has 0 aliphatic carbocycles. The molecule has 1 aromatic carbocycles. The third-order valence-corrected chi connectivity index (χ3v) is 1.34. The molecule has 0 atom stereocenters. The zero-order valence-corrected chi connectivity index (χ0v) is 6.03. The lowest BCUT2D eigenvalue weighted by Gasteiger charge is -1.97. The number of hydrogen-bond acceptors (Lipinski definition) is 2. The van der Waals surface area contributed by atoms with E-state index in [9.17, 15) is 4.79 Å². The van der Waals surface area contributed by atoms with Gasteiger partial charge in [-0.1, -0.05) is 30.3 Å². The monoisotopic (exact) mass is 151 g/mol. The molecule has 11 heavy (non-hydrogen) atoms. The van der Waals surface area contributed by atoms with Crippen molar-refractivity contribution in [3.8, 4) is 0 Å². The SMILES string of the molecule is [2H]N(N)C(=O)Cc1ccccc1. The minimum absolute atomic E-state index is 0.181. The first-order valence-electron chi connectivity index (χ1n) is 3.75. The summed E-state index contributed by atoms with van der Waals surface area (Å²) < 4.78 is 6.79. The second-order valence-electron chi connectivity index (χ2n) is 2.19. The Kier molecular flexibility index (Phi) is 2.16. The number of carbonyl (C=O) groups is 1. The van der Waals surface area contributed by atoms with Crippen molar-refractivity contribution < 1.29 is 6.21 Å². The van der Waals surface area contributed by atoms with E-state index in [1.165, 1.54) is 0 Å². The van der Waals surface area contributed by atoms with E-state index in [1.54, 1.807) is 0 Å². The van der Waals surface area contributed by atoms with E-state index in [-0.39, 0.29) is 6.42 Å². The number of hydrazine groups is 1. The molecule has 0 unspecified atom stereocenters. The van der Waals surface area contributed by atoms with Crippen molar-refractivity contribution in [2.24, 2.45) is 5.84 Å². The maximum atomic E-state index is 10.9. The van der Waals surface area contributed by atoms with Gasteiger partial charge in [-0.05, 0) is 5.56 Å². The van der Waals surface area contributed by atoms with E-state index in [2.05, 4.69) is 0 Å². The van der Waals surface area contributed by atoms with Gasteiger partial charge in [0.2, 0.25) is 5.91 Å². The van der Waals surface area contributed by atoms with Crippen LogP contribution in [0.15, 0.2) is 30.3 Å². The van der Waals surface area contributed by atoms with Crippen LogP contribution in [0.5, 0.6) is 0 Å². The minimum atomic E-state index is -0.416. The summed E-state index contributed by atoms with van der Waals surface area (Å²) in [5.74, 6) is 4.52. The Bertz CT molecular complexity index is 261. The molecule has 0 saturated heterocycles. The van der Waals surface area contributed by atoms with E-state index < -0.39 is 5.91 Å². The van der Waals surface area contributed by atoms with Crippen molar-refractivity contribution in [2.75, 3.05) is 0 Å². The summed E-state index contributed by atoms with van der Waals surface area (Å²) in [6, 6.07) is 9.19. The molecule has 0 saturated carbocycles. The summed E-state index contributed by atoms with van der Waals surface area (Å²) >= 11 is 0. The molecule has 0 fully saturated rings. The summed E-state index contributed by atoms with van der Waals surface area (Å²) in [7, 11) is 0. The lowest BCUT2D eigenvalue weighted by atomic mass is 10.1. The van der Waals surface area contributed by atoms with Crippen molar-refractivity contribution in [3.05, 3.63) is 35.9 Å². The smallest absolute Gasteiger partial charge is 0.238 e. The van der Waals surface area contributed by atoms with E-state index in [1.807, 2.05) is 30.3 Å². The van der Waals surface area contributed by atoms with Gasteiger partial charge in [0.25, 0.3) is 0 Å². The summed E-state index contributed by atoms with van der Waals surface area (Å²) in [5.41, 5.74) is 1.22. The van der Waals surface area contributed by atoms with Crippen molar-refractivity contribution in [2.45, 2.75) is 6.42 Å². The normalized spacial score (nSPS) is 10.5. The third-order valence-electron chi connectivity index (χ3n) is 1.34. The number of hydrogen-bond donors (Lipinski definition) is 2. The van der Waals surface area contributed by atoms with Gasteiger partial charge >= 0.3 is 0 Å². The van der Waals surface area contributed by atoms with E-state index in [0.29, 0.717) is 5.42 Å². The summed E-state index contributed by atoms with van der Waals surface area (Å²) in [4.78, 5) is 10.9. The summed E-state index contributed by atoms with van der Waals surface area (Å²) in [5, 5.41) is 0. The Labute approximate surface area is 66.6 Å². The van der Waals surface area contributed by atoms with Gasteiger partial charge in [0.1, 0.15) is 0 Å². The number of nitrogens with one attached hydrogen (secondary N) is 1. The first kappa shape index (κ1) is 6.37. The predicted octanol–water partition coefficient (Wildman–Crippen LogP) is 0.219. The van der Waals surface area contributed by atoms with Crippen LogP contribution in [-0.4, -0.2) is 5.91 Å². The highest BCUT2D eigenvalue weighted by atomic mass is 16.2. The largest absolute Gasteiger partial charge is 0.294 e. The summed E-state index contributed by atoms with van der Waals surface area (Å²) in [6.07, 6.45) is 0.181. The number of carbonyl (C=O) groups excluding carboxylic acids is 1. The molecule has 3 N–H and O–H groups in total. The van der Waals surface area contributed by atoms with Gasteiger partial charge in [0.15, 0.2) is 1.41 Å². The fourth-order valence-corrected chi connectivity index (χ4v) is 0.816. The molecule has 0 spiro atoms. The van der Waals surface area contributed by atoms with Crippen LogP contribution in [0.4, 0.5) is 0 Å². The Hall–Kier alpha value is -1.35. The number of benzene rings is 1. The third kappa shape index (κ3) is 2.39. The second kappa shape index (κ2) is 3.73. The van der Waals surface area contributed by atoms with E-state index in [4.69, 9.17) is 7.25 Å². The van der Waals surface area contributed by atoms with Gasteiger partial charge in [-0.15, -0.1) is 0 Å². The lowest BCUT2D eigenvalue weighted by molar-refractivity contribution is -0.120. The second-order valence-corrected chi connectivity index (χ2v) is 2.19. The quantitative estimate of drug-likeness (QED) is 0.361. The Morgan fingerprint density at radius 1 is 1.55 bits per heavy atom.